The minimum Gasteiger partial charge on any atom is -0.459 e. The van der Waals surface area contributed by atoms with E-state index in [4.69, 9.17) is 4.42 Å². The van der Waals surface area contributed by atoms with Crippen LogP contribution in [-0.2, 0) is 11.2 Å². The molecule has 25 heavy (non-hydrogen) atoms. The predicted octanol–water partition coefficient (Wildman–Crippen LogP) is 1.54. The summed E-state index contributed by atoms with van der Waals surface area (Å²) in [7, 11) is 0. The van der Waals surface area contributed by atoms with Crippen molar-refractivity contribution < 1.29 is 14.0 Å². The third-order valence-corrected chi connectivity index (χ3v) is 5.49. The molecule has 1 amide bonds. The molecule has 0 spiro atoms. The van der Waals surface area contributed by atoms with Gasteiger partial charge in [-0.25, -0.2) is 5.01 Å². The van der Waals surface area contributed by atoms with Gasteiger partial charge in [0, 0.05) is 32.6 Å². The second-order valence-corrected chi connectivity index (χ2v) is 6.89. The number of nitriles is 1. The molecule has 0 radical (unpaired) electrons. The number of hydrazine groups is 1. The first-order valence-electron chi connectivity index (χ1n) is 8.04. The summed E-state index contributed by atoms with van der Waals surface area (Å²) in [5.41, 5.74) is 0.968. The van der Waals surface area contributed by atoms with Crippen molar-refractivity contribution in [3.63, 3.8) is 0 Å². The van der Waals surface area contributed by atoms with Gasteiger partial charge in [0.05, 0.1) is 12.3 Å². The Balaban J connectivity index is 1.51. The van der Waals surface area contributed by atoms with E-state index in [0.29, 0.717) is 38.4 Å². The van der Waals surface area contributed by atoms with E-state index in [0.717, 1.165) is 10.6 Å². The molecule has 8 heteroatoms. The lowest BCUT2D eigenvalue weighted by Gasteiger charge is -2.44. The molecule has 0 aromatic carbocycles. The van der Waals surface area contributed by atoms with Crippen molar-refractivity contribution in [2.24, 2.45) is 0 Å². The van der Waals surface area contributed by atoms with Gasteiger partial charge in [0.15, 0.2) is 17.6 Å². The van der Waals surface area contributed by atoms with Crippen molar-refractivity contribution in [3.8, 4) is 6.07 Å². The van der Waals surface area contributed by atoms with Crippen molar-refractivity contribution in [1.82, 2.24) is 9.91 Å². The minimum absolute atomic E-state index is 0.0810. The SMILES string of the molecule is N#CC1C(=O)Cc2ccsc2N1N1CCN(C(=O)c2ccco2)CC1. The van der Waals surface area contributed by atoms with E-state index in [2.05, 4.69) is 6.07 Å². The minimum atomic E-state index is -0.793. The van der Waals surface area contributed by atoms with Crippen LogP contribution in [0.25, 0.3) is 0 Å². The normalized spacial score (nSPS) is 21.1. The number of furan rings is 1. The van der Waals surface area contributed by atoms with Crippen LogP contribution in [0.1, 0.15) is 16.1 Å². The fourth-order valence-corrected chi connectivity index (χ4v) is 4.27. The molecule has 2 aliphatic heterocycles. The Kier molecular flexibility index (Phi) is 4.03. The van der Waals surface area contributed by atoms with Crippen LogP contribution in [0, 0.1) is 11.3 Å². The van der Waals surface area contributed by atoms with Gasteiger partial charge in [0.25, 0.3) is 5.91 Å². The molecule has 2 aliphatic rings. The fraction of sp³-hybridized carbons (Fsp3) is 0.353. The molecule has 1 atom stereocenters. The second-order valence-electron chi connectivity index (χ2n) is 5.99. The van der Waals surface area contributed by atoms with Crippen LogP contribution in [0.2, 0.25) is 0 Å². The third kappa shape index (κ3) is 2.71. The van der Waals surface area contributed by atoms with Gasteiger partial charge >= 0.3 is 0 Å². The number of amides is 1. The number of Topliss-reactive ketones (excluding diaryl/α,β-unsaturated/α-hetero) is 1. The van der Waals surface area contributed by atoms with Gasteiger partial charge in [-0.2, -0.15) is 5.26 Å². The summed E-state index contributed by atoms with van der Waals surface area (Å²) in [6.45, 7) is 2.16. The smallest absolute Gasteiger partial charge is 0.289 e. The van der Waals surface area contributed by atoms with Crippen LogP contribution in [-0.4, -0.2) is 53.8 Å². The Bertz CT molecular complexity index is 830. The van der Waals surface area contributed by atoms with Gasteiger partial charge < -0.3 is 9.32 Å². The summed E-state index contributed by atoms with van der Waals surface area (Å²) in [5.74, 6) is 0.118. The lowest BCUT2D eigenvalue weighted by atomic mass is 10.0. The standard InChI is InChI=1S/C17H16N4O3S/c18-11-13-14(22)10-12-3-9-25-17(12)21(13)20-6-4-19(5-7-20)16(23)15-2-1-8-24-15/h1-3,8-9,13H,4-7,10H2. The van der Waals surface area contributed by atoms with Crippen molar-refractivity contribution >= 4 is 28.0 Å². The number of piperazine rings is 1. The fourth-order valence-electron chi connectivity index (χ4n) is 3.29. The molecule has 0 bridgehead atoms. The van der Waals surface area contributed by atoms with E-state index in [-0.39, 0.29) is 11.7 Å². The Morgan fingerprint density at radius 1 is 1.28 bits per heavy atom. The number of thiophene rings is 1. The van der Waals surface area contributed by atoms with Crippen LogP contribution < -0.4 is 5.01 Å². The van der Waals surface area contributed by atoms with Crippen molar-refractivity contribution in [1.29, 1.82) is 5.26 Å². The zero-order valence-corrected chi connectivity index (χ0v) is 14.2. The van der Waals surface area contributed by atoms with Crippen LogP contribution >= 0.6 is 11.3 Å². The van der Waals surface area contributed by atoms with Crippen LogP contribution in [0.15, 0.2) is 34.3 Å². The summed E-state index contributed by atoms with van der Waals surface area (Å²) >= 11 is 1.54. The molecule has 0 aliphatic carbocycles. The summed E-state index contributed by atoms with van der Waals surface area (Å²) in [6.07, 6.45) is 1.79. The van der Waals surface area contributed by atoms with Crippen LogP contribution in [0.3, 0.4) is 0 Å². The molecule has 2 aromatic rings. The van der Waals surface area contributed by atoms with Gasteiger partial charge in [-0.1, -0.05) is 0 Å². The van der Waals surface area contributed by atoms with E-state index in [1.54, 1.807) is 17.0 Å². The largest absolute Gasteiger partial charge is 0.459 e. The summed E-state index contributed by atoms with van der Waals surface area (Å²) in [4.78, 5) is 26.4. The molecule has 7 nitrogen and oxygen atoms in total. The Morgan fingerprint density at radius 2 is 2.08 bits per heavy atom. The molecule has 0 N–H and O–H groups in total. The number of fused-ring (bicyclic) bond motifs is 1. The molecule has 2 aromatic heterocycles. The van der Waals surface area contributed by atoms with Gasteiger partial charge in [-0.3, -0.25) is 14.6 Å². The van der Waals surface area contributed by atoms with Crippen molar-refractivity contribution in [2.45, 2.75) is 12.5 Å². The number of hydrogen-bond acceptors (Lipinski definition) is 7. The molecule has 4 heterocycles. The number of hydrogen-bond donors (Lipinski definition) is 0. The molecular weight excluding hydrogens is 340 g/mol. The molecule has 0 saturated carbocycles. The first-order chi connectivity index (χ1) is 12.2. The van der Waals surface area contributed by atoms with Gasteiger partial charge in [0.2, 0.25) is 0 Å². The summed E-state index contributed by atoms with van der Waals surface area (Å²) in [6, 6.07) is 6.63. The Hall–Kier alpha value is -2.63. The first kappa shape index (κ1) is 15.9. The van der Waals surface area contributed by atoms with Gasteiger partial charge in [-0.15, -0.1) is 11.3 Å². The number of ketones is 1. The number of rotatable bonds is 2. The topological polar surface area (TPSA) is 80.8 Å². The third-order valence-electron chi connectivity index (χ3n) is 4.55. The number of carbonyl (C=O) groups excluding carboxylic acids is 2. The highest BCUT2D eigenvalue weighted by atomic mass is 32.1. The first-order valence-corrected chi connectivity index (χ1v) is 8.92. The van der Waals surface area contributed by atoms with Crippen LogP contribution in [0.4, 0.5) is 5.00 Å². The van der Waals surface area contributed by atoms with Gasteiger partial charge in [0.1, 0.15) is 5.00 Å². The van der Waals surface area contributed by atoms with E-state index >= 15 is 0 Å². The highest BCUT2D eigenvalue weighted by Gasteiger charge is 2.39. The maximum atomic E-state index is 12.4. The van der Waals surface area contributed by atoms with Crippen molar-refractivity contribution in [3.05, 3.63) is 41.2 Å². The predicted molar refractivity (Wildman–Crippen MR) is 91.1 cm³/mol. The molecule has 1 saturated heterocycles. The number of nitrogens with zero attached hydrogens (tertiary/aromatic N) is 4. The van der Waals surface area contributed by atoms with E-state index in [1.165, 1.54) is 17.6 Å². The average Bonchev–Trinajstić information content (AvgIpc) is 3.31. The number of anilines is 1. The molecule has 4 rings (SSSR count). The van der Waals surface area contributed by atoms with E-state index in [1.807, 2.05) is 21.5 Å². The molecule has 1 fully saturated rings. The molecular formula is C17H16N4O3S. The highest BCUT2D eigenvalue weighted by molar-refractivity contribution is 7.14. The van der Waals surface area contributed by atoms with E-state index < -0.39 is 6.04 Å². The van der Waals surface area contributed by atoms with E-state index in [9.17, 15) is 14.9 Å². The maximum absolute atomic E-state index is 12.4. The molecule has 128 valence electrons. The summed E-state index contributed by atoms with van der Waals surface area (Å²) < 4.78 is 5.17. The Morgan fingerprint density at radius 3 is 2.76 bits per heavy atom. The maximum Gasteiger partial charge on any atom is 0.289 e. The lowest BCUT2D eigenvalue weighted by Crippen LogP contribution is -2.60. The Labute approximate surface area is 148 Å². The van der Waals surface area contributed by atoms with Gasteiger partial charge in [-0.05, 0) is 29.1 Å². The zero-order valence-electron chi connectivity index (χ0n) is 13.4. The monoisotopic (exact) mass is 356 g/mol. The highest BCUT2D eigenvalue weighted by Crippen LogP contribution is 2.35. The van der Waals surface area contributed by atoms with Crippen molar-refractivity contribution in [2.75, 3.05) is 31.2 Å². The average molecular weight is 356 g/mol. The lowest BCUT2D eigenvalue weighted by molar-refractivity contribution is -0.119. The zero-order chi connectivity index (χ0) is 17.4. The summed E-state index contributed by atoms with van der Waals surface area (Å²) in [5, 5.41) is 16.2. The number of carbonyl (C=O) groups is 2. The quantitative estimate of drug-likeness (QED) is 0.812. The second kappa shape index (κ2) is 6.35. The molecule has 1 unspecified atom stereocenters. The van der Waals surface area contributed by atoms with Crippen LogP contribution in [0.5, 0.6) is 0 Å².